The van der Waals surface area contributed by atoms with Gasteiger partial charge in [-0.1, -0.05) is 86.5 Å². The molecule has 0 N–H and O–H groups in total. The van der Waals surface area contributed by atoms with Gasteiger partial charge in [0.1, 0.15) is 0 Å². The maximum atomic E-state index is 13.7. The first-order chi connectivity index (χ1) is 20.0. The summed E-state index contributed by atoms with van der Waals surface area (Å²) in [7, 11) is 0. The number of rotatable bonds is 15. The zero-order valence-electron chi connectivity index (χ0n) is 24.3. The van der Waals surface area contributed by atoms with E-state index in [4.69, 9.17) is 21.1 Å². The summed E-state index contributed by atoms with van der Waals surface area (Å²) in [5, 5.41) is 0.738. The molecule has 0 radical (unpaired) electrons. The molecule has 0 atom stereocenters. The van der Waals surface area contributed by atoms with Crippen LogP contribution in [0.4, 0.5) is 0 Å². The normalized spacial score (nSPS) is 18.8. The van der Waals surface area contributed by atoms with Crippen LogP contribution in [0.1, 0.15) is 123 Å². The molecule has 0 spiro atoms. The molecule has 220 valence electrons. The number of unbranched alkanes of at least 4 members (excludes halogenated alkanes) is 7. The van der Waals surface area contributed by atoms with Crippen molar-refractivity contribution < 1.29 is 23.9 Å². The number of halogens is 1. The molecule has 4 rings (SSSR count). The highest BCUT2D eigenvalue weighted by molar-refractivity contribution is 6.30. The van der Waals surface area contributed by atoms with Crippen LogP contribution in [0.3, 0.4) is 0 Å². The second kappa shape index (κ2) is 15.9. The number of carbonyl (C=O) groups excluding carboxylic acids is 3. The third kappa shape index (κ3) is 8.54. The van der Waals surface area contributed by atoms with Crippen molar-refractivity contribution in [2.75, 3.05) is 13.2 Å². The Labute approximate surface area is 249 Å². The lowest BCUT2D eigenvalue weighted by atomic mass is 9.72. The molecule has 0 aromatic heterocycles. The van der Waals surface area contributed by atoms with Gasteiger partial charge in [-0.15, -0.1) is 0 Å². The van der Waals surface area contributed by atoms with Gasteiger partial charge in [0, 0.05) is 28.1 Å². The van der Waals surface area contributed by atoms with Gasteiger partial charge >= 0.3 is 5.97 Å². The highest BCUT2D eigenvalue weighted by atomic mass is 35.5. The van der Waals surface area contributed by atoms with Crippen LogP contribution in [0.15, 0.2) is 59.9 Å². The largest absolute Gasteiger partial charge is 0.489 e. The molecule has 0 aliphatic heterocycles. The van der Waals surface area contributed by atoms with Crippen molar-refractivity contribution in [1.29, 1.82) is 0 Å². The van der Waals surface area contributed by atoms with Gasteiger partial charge in [0.2, 0.25) is 5.78 Å². The van der Waals surface area contributed by atoms with Crippen LogP contribution in [-0.2, 0) is 14.3 Å². The van der Waals surface area contributed by atoms with E-state index in [1.54, 1.807) is 18.2 Å². The van der Waals surface area contributed by atoms with Crippen molar-refractivity contribution in [2.24, 2.45) is 5.92 Å². The van der Waals surface area contributed by atoms with E-state index in [2.05, 4.69) is 12.1 Å². The van der Waals surface area contributed by atoms with Gasteiger partial charge in [-0.3, -0.25) is 14.4 Å². The minimum absolute atomic E-state index is 0.0298. The molecular formula is C35H43ClO5. The Morgan fingerprint density at radius 3 is 1.95 bits per heavy atom. The summed E-state index contributed by atoms with van der Waals surface area (Å²) in [5.74, 6) is 0.448. The summed E-state index contributed by atoms with van der Waals surface area (Å²) in [5.41, 5.74) is 2.83. The molecule has 0 heterocycles. The fraction of sp³-hybridized carbons (Fsp3) is 0.514. The van der Waals surface area contributed by atoms with Gasteiger partial charge in [-0.25, -0.2) is 0 Å². The van der Waals surface area contributed by atoms with Gasteiger partial charge < -0.3 is 9.47 Å². The smallest absolute Gasteiger partial charge is 0.305 e. The molecule has 0 bridgehead atoms. The molecule has 2 aromatic rings. The third-order valence-electron chi connectivity index (χ3n) is 8.42. The number of ketones is 2. The van der Waals surface area contributed by atoms with Crippen molar-refractivity contribution in [1.82, 2.24) is 0 Å². The fourth-order valence-corrected chi connectivity index (χ4v) is 6.30. The highest BCUT2D eigenvalue weighted by Gasteiger charge is 2.38. The second-order valence-electron chi connectivity index (χ2n) is 11.3. The molecule has 41 heavy (non-hydrogen) atoms. The van der Waals surface area contributed by atoms with Crippen LogP contribution in [0.25, 0.3) is 0 Å². The van der Waals surface area contributed by atoms with Crippen molar-refractivity contribution in [3.05, 3.63) is 81.6 Å². The number of Topliss-reactive ketones (excluding diaryl/α,β-unsaturated/α-hetero) is 2. The Morgan fingerprint density at radius 1 is 0.756 bits per heavy atom. The standard InChI is InChI=1S/C35H43ClO5/c1-2-40-31(37)15-9-7-5-3-4-6-8-12-24-41-35-32(33(38)29-13-10-11-14-30(29)34(35)39)27-18-16-25(17-19-27)26-20-22-28(36)23-21-26/h10-11,13-14,20-23,25,27H,2-9,12,15-19,24H2,1H3/t25-,27-. The summed E-state index contributed by atoms with van der Waals surface area (Å²) < 4.78 is 11.1. The number of allylic oxidation sites excluding steroid dienone is 2. The summed E-state index contributed by atoms with van der Waals surface area (Å²) in [6.07, 6.45) is 12.5. The molecule has 2 aromatic carbocycles. The molecule has 0 unspecified atom stereocenters. The number of fused-ring (bicyclic) bond motifs is 1. The second-order valence-corrected chi connectivity index (χ2v) is 11.7. The van der Waals surface area contributed by atoms with Gasteiger partial charge in [-0.05, 0) is 75.0 Å². The number of hydrogen-bond donors (Lipinski definition) is 0. The Kier molecular flexibility index (Phi) is 12.0. The van der Waals surface area contributed by atoms with E-state index in [0.717, 1.165) is 82.1 Å². The third-order valence-corrected chi connectivity index (χ3v) is 8.67. The van der Waals surface area contributed by atoms with Crippen molar-refractivity contribution >= 4 is 29.1 Å². The summed E-state index contributed by atoms with van der Waals surface area (Å²) >= 11 is 6.08. The lowest BCUT2D eigenvalue weighted by molar-refractivity contribution is -0.143. The summed E-state index contributed by atoms with van der Waals surface area (Å²) in [6, 6.07) is 15.2. The maximum Gasteiger partial charge on any atom is 0.305 e. The van der Waals surface area contributed by atoms with E-state index < -0.39 is 0 Å². The number of carbonyl (C=O) groups is 3. The molecule has 6 heteroatoms. The zero-order valence-corrected chi connectivity index (χ0v) is 25.1. The lowest BCUT2D eigenvalue weighted by Gasteiger charge is -2.32. The van der Waals surface area contributed by atoms with Gasteiger partial charge in [0.25, 0.3) is 0 Å². The number of ether oxygens (including phenoxy) is 2. The minimum Gasteiger partial charge on any atom is -0.489 e. The average molecular weight is 579 g/mol. The van der Waals surface area contributed by atoms with Crippen molar-refractivity contribution in [2.45, 2.75) is 96.3 Å². The number of hydrogen-bond acceptors (Lipinski definition) is 5. The van der Waals surface area contributed by atoms with Crippen molar-refractivity contribution in [3.8, 4) is 0 Å². The predicted molar refractivity (Wildman–Crippen MR) is 162 cm³/mol. The summed E-state index contributed by atoms with van der Waals surface area (Å²) in [4.78, 5) is 38.6. The molecule has 1 fully saturated rings. The first-order valence-electron chi connectivity index (χ1n) is 15.5. The molecule has 2 aliphatic carbocycles. The van der Waals surface area contributed by atoms with E-state index in [1.165, 1.54) is 5.56 Å². The van der Waals surface area contributed by atoms with E-state index >= 15 is 0 Å². The zero-order chi connectivity index (χ0) is 29.0. The Bertz CT molecular complexity index is 1210. The Balaban J connectivity index is 1.28. The number of esters is 1. The lowest BCUT2D eigenvalue weighted by Crippen LogP contribution is -2.29. The predicted octanol–water partition coefficient (Wildman–Crippen LogP) is 9.04. The average Bonchev–Trinajstić information content (AvgIpc) is 2.99. The Morgan fingerprint density at radius 2 is 1.32 bits per heavy atom. The molecule has 5 nitrogen and oxygen atoms in total. The van der Waals surface area contributed by atoms with Gasteiger partial charge in [-0.2, -0.15) is 0 Å². The first kappa shape index (κ1) is 31.0. The molecule has 0 amide bonds. The van der Waals surface area contributed by atoms with Crippen LogP contribution in [-0.4, -0.2) is 30.7 Å². The molecule has 1 saturated carbocycles. The monoisotopic (exact) mass is 578 g/mol. The van der Waals surface area contributed by atoms with Gasteiger partial charge in [0.15, 0.2) is 11.5 Å². The Hall–Kier alpha value is -2.92. The SMILES string of the molecule is CCOC(=O)CCCCCCCCCCOC1=C([C@H]2CC[C@H](c3ccc(Cl)cc3)CC2)C(=O)c2ccccc2C1=O. The first-order valence-corrected chi connectivity index (χ1v) is 15.8. The molecular weight excluding hydrogens is 536 g/mol. The van der Waals surface area contributed by atoms with Crippen LogP contribution in [0.5, 0.6) is 0 Å². The van der Waals surface area contributed by atoms with E-state index in [9.17, 15) is 14.4 Å². The highest BCUT2D eigenvalue weighted by Crippen LogP contribution is 2.42. The topological polar surface area (TPSA) is 69.7 Å². The van der Waals surface area contributed by atoms with E-state index in [0.29, 0.717) is 42.3 Å². The van der Waals surface area contributed by atoms with E-state index in [-0.39, 0.29) is 29.2 Å². The molecule has 2 aliphatic rings. The summed E-state index contributed by atoms with van der Waals surface area (Å²) in [6.45, 7) is 2.73. The van der Waals surface area contributed by atoms with Crippen molar-refractivity contribution in [3.63, 3.8) is 0 Å². The van der Waals surface area contributed by atoms with Crippen LogP contribution < -0.4 is 0 Å². The maximum absolute atomic E-state index is 13.7. The fourth-order valence-electron chi connectivity index (χ4n) is 6.18. The number of benzene rings is 2. The van der Waals surface area contributed by atoms with Gasteiger partial charge in [0.05, 0.1) is 13.2 Å². The van der Waals surface area contributed by atoms with Crippen LogP contribution in [0.2, 0.25) is 5.02 Å². The minimum atomic E-state index is -0.155. The quantitative estimate of drug-likeness (QED) is 0.156. The van der Waals surface area contributed by atoms with Crippen LogP contribution >= 0.6 is 11.6 Å². The van der Waals surface area contributed by atoms with E-state index in [1.807, 2.05) is 25.1 Å². The van der Waals surface area contributed by atoms with Crippen LogP contribution in [0, 0.1) is 5.92 Å². The molecule has 0 saturated heterocycles.